The molecule has 0 spiro atoms. The molecule has 0 radical (unpaired) electrons. The minimum atomic E-state index is -2.16. The molecule has 0 aromatic rings. The molecule has 0 bridgehead atoms. The number of thiol groups is 1. The molecule has 0 aromatic heterocycles. The summed E-state index contributed by atoms with van der Waals surface area (Å²) in [5.74, 6) is 0. The standard InChI is InChI=1S/C4H11O2PS2.H2S/c1-3-5-7(8,9)6-4-2;/h3-4H2,1-2H3,(H,8,9);1H2. The Hall–Kier alpha value is 1.27. The lowest BCUT2D eigenvalue weighted by Gasteiger charge is -2.13. The van der Waals surface area contributed by atoms with Gasteiger partial charge in [-0.05, 0) is 25.7 Å². The van der Waals surface area contributed by atoms with Crippen LogP contribution >= 0.6 is 31.4 Å². The van der Waals surface area contributed by atoms with Crippen molar-refractivity contribution in [3.63, 3.8) is 0 Å². The largest absolute Gasteiger partial charge is 0.322 e. The summed E-state index contributed by atoms with van der Waals surface area (Å²) in [6.07, 6.45) is 0. The summed E-state index contributed by atoms with van der Waals surface area (Å²) in [7, 11) is 0. The van der Waals surface area contributed by atoms with Crippen molar-refractivity contribution in [3.8, 4) is 0 Å². The highest BCUT2D eigenvalue weighted by Gasteiger charge is 2.08. The van der Waals surface area contributed by atoms with Gasteiger partial charge in [0.05, 0.1) is 13.2 Å². The van der Waals surface area contributed by atoms with Crippen LogP contribution in [-0.2, 0) is 20.9 Å². The Kier molecular flexibility index (Phi) is 9.61. The van der Waals surface area contributed by atoms with Crippen LogP contribution in [0.25, 0.3) is 0 Å². The van der Waals surface area contributed by atoms with Gasteiger partial charge in [0.25, 0.3) is 0 Å². The molecule has 64 valence electrons. The van der Waals surface area contributed by atoms with E-state index in [0.29, 0.717) is 13.2 Å². The normalized spacial score (nSPS) is 10.7. The van der Waals surface area contributed by atoms with Gasteiger partial charge in [-0.15, -0.1) is 0 Å². The summed E-state index contributed by atoms with van der Waals surface area (Å²) in [6, 6.07) is 0. The lowest BCUT2D eigenvalue weighted by molar-refractivity contribution is 0.281. The Morgan fingerprint density at radius 2 is 1.60 bits per heavy atom. The highest BCUT2D eigenvalue weighted by Crippen LogP contribution is 2.52. The van der Waals surface area contributed by atoms with E-state index < -0.39 is 5.69 Å². The first-order chi connectivity index (χ1) is 4.12. The van der Waals surface area contributed by atoms with Crippen molar-refractivity contribution in [1.82, 2.24) is 0 Å². The van der Waals surface area contributed by atoms with Crippen LogP contribution in [0.1, 0.15) is 13.8 Å². The van der Waals surface area contributed by atoms with Crippen molar-refractivity contribution in [2.45, 2.75) is 13.8 Å². The first-order valence-electron chi connectivity index (χ1n) is 2.74. The zero-order chi connectivity index (χ0) is 7.33. The highest BCUT2D eigenvalue weighted by atomic mass is 32.9. The second kappa shape index (κ2) is 6.95. The molecule has 6 heteroatoms. The minimum Gasteiger partial charge on any atom is -0.322 e. The molecule has 0 rings (SSSR count). The number of rotatable bonds is 4. The first kappa shape index (κ1) is 13.8. The van der Waals surface area contributed by atoms with Gasteiger partial charge in [-0.25, -0.2) is 0 Å². The van der Waals surface area contributed by atoms with E-state index in [-0.39, 0.29) is 13.5 Å². The second-order valence-corrected chi connectivity index (χ2v) is 6.59. The summed E-state index contributed by atoms with van der Waals surface area (Å²) >= 11 is 8.90. The maximum absolute atomic E-state index is 5.04. The molecule has 0 heterocycles. The summed E-state index contributed by atoms with van der Waals surface area (Å²) in [4.78, 5) is 0. The number of hydrogen-bond donors (Lipinski definition) is 1. The maximum Gasteiger partial charge on any atom is 0.244 e. The van der Waals surface area contributed by atoms with Gasteiger partial charge in [-0.2, -0.15) is 13.5 Å². The van der Waals surface area contributed by atoms with Crippen LogP contribution < -0.4 is 0 Å². The van der Waals surface area contributed by atoms with Crippen LogP contribution in [0.15, 0.2) is 0 Å². The third-order valence-corrected chi connectivity index (χ3v) is 3.08. The van der Waals surface area contributed by atoms with Crippen molar-refractivity contribution >= 4 is 43.2 Å². The van der Waals surface area contributed by atoms with Crippen LogP contribution in [0, 0.1) is 0 Å². The molecular weight excluding hydrogens is 207 g/mol. The predicted octanol–water partition coefficient (Wildman–Crippen LogP) is 2.33. The molecule has 0 aliphatic carbocycles. The number of hydrogen-bond acceptors (Lipinski definition) is 3. The fourth-order valence-electron chi connectivity index (χ4n) is 0.364. The van der Waals surface area contributed by atoms with E-state index >= 15 is 0 Å². The van der Waals surface area contributed by atoms with E-state index in [1.54, 1.807) is 0 Å². The minimum absolute atomic E-state index is 0. The van der Waals surface area contributed by atoms with Crippen LogP contribution in [-0.4, -0.2) is 13.2 Å². The predicted molar refractivity (Wildman–Crippen MR) is 56.9 cm³/mol. The average molecular weight is 220 g/mol. The quantitative estimate of drug-likeness (QED) is 0.579. The Morgan fingerprint density at radius 1 is 1.30 bits per heavy atom. The molecule has 10 heavy (non-hydrogen) atoms. The zero-order valence-electron chi connectivity index (χ0n) is 6.03. The van der Waals surface area contributed by atoms with Gasteiger partial charge in [0, 0.05) is 0 Å². The Balaban J connectivity index is 0. The van der Waals surface area contributed by atoms with Crippen molar-refractivity contribution < 1.29 is 9.05 Å². The van der Waals surface area contributed by atoms with Gasteiger partial charge in [0.1, 0.15) is 0 Å². The van der Waals surface area contributed by atoms with Crippen LogP contribution in [0.2, 0.25) is 0 Å². The van der Waals surface area contributed by atoms with Crippen molar-refractivity contribution in [2.24, 2.45) is 0 Å². The van der Waals surface area contributed by atoms with Gasteiger partial charge >= 0.3 is 0 Å². The first-order valence-corrected chi connectivity index (χ1v) is 6.53. The maximum atomic E-state index is 5.04. The fraction of sp³-hybridized carbons (Fsp3) is 1.00. The molecule has 0 saturated heterocycles. The van der Waals surface area contributed by atoms with E-state index in [4.69, 9.17) is 20.9 Å². The molecule has 0 unspecified atom stereocenters. The second-order valence-electron chi connectivity index (χ2n) is 1.30. The molecular formula is C4H13O2PS3. The van der Waals surface area contributed by atoms with Gasteiger partial charge in [0.15, 0.2) is 0 Å². The van der Waals surface area contributed by atoms with Crippen LogP contribution in [0.4, 0.5) is 0 Å². The molecule has 2 nitrogen and oxygen atoms in total. The molecule has 0 aliphatic rings. The SMILES string of the molecule is CCOP(=S)(S)OCC.S. The van der Waals surface area contributed by atoms with E-state index in [1.165, 1.54) is 0 Å². The van der Waals surface area contributed by atoms with Gasteiger partial charge in [0.2, 0.25) is 5.69 Å². The summed E-state index contributed by atoms with van der Waals surface area (Å²) < 4.78 is 10.1. The van der Waals surface area contributed by atoms with Gasteiger partial charge in [-0.1, -0.05) is 12.2 Å². The Labute approximate surface area is 79.5 Å². The summed E-state index contributed by atoms with van der Waals surface area (Å²) in [5.41, 5.74) is -2.16. The topological polar surface area (TPSA) is 18.5 Å². The Bertz CT molecular complexity index is 109. The van der Waals surface area contributed by atoms with E-state index in [0.717, 1.165) is 0 Å². The third-order valence-electron chi connectivity index (χ3n) is 0.584. The fourth-order valence-corrected chi connectivity index (χ4v) is 2.42. The third kappa shape index (κ3) is 7.38. The van der Waals surface area contributed by atoms with Crippen LogP contribution in [0.3, 0.4) is 0 Å². The summed E-state index contributed by atoms with van der Waals surface area (Å²) in [6.45, 7) is 4.88. The average Bonchev–Trinajstić information content (AvgIpc) is 1.64. The molecule has 0 fully saturated rings. The molecule has 0 saturated carbocycles. The molecule has 0 aromatic carbocycles. The van der Waals surface area contributed by atoms with Crippen molar-refractivity contribution in [3.05, 3.63) is 0 Å². The van der Waals surface area contributed by atoms with E-state index in [1.807, 2.05) is 13.8 Å². The van der Waals surface area contributed by atoms with Crippen LogP contribution in [0.5, 0.6) is 0 Å². The monoisotopic (exact) mass is 220 g/mol. The lowest BCUT2D eigenvalue weighted by atomic mass is 10.9. The highest BCUT2D eigenvalue weighted by molar-refractivity contribution is 8.60. The molecule has 0 aliphatic heterocycles. The van der Waals surface area contributed by atoms with E-state index in [2.05, 4.69) is 12.2 Å². The van der Waals surface area contributed by atoms with Crippen molar-refractivity contribution in [1.29, 1.82) is 0 Å². The molecule has 0 amide bonds. The lowest BCUT2D eigenvalue weighted by Crippen LogP contribution is -1.88. The van der Waals surface area contributed by atoms with E-state index in [9.17, 15) is 0 Å². The van der Waals surface area contributed by atoms with Crippen molar-refractivity contribution in [2.75, 3.05) is 13.2 Å². The Morgan fingerprint density at radius 3 is 1.80 bits per heavy atom. The van der Waals surface area contributed by atoms with Gasteiger partial charge < -0.3 is 9.05 Å². The molecule has 0 N–H and O–H groups in total. The molecule has 0 atom stereocenters. The van der Waals surface area contributed by atoms with Gasteiger partial charge in [-0.3, -0.25) is 0 Å². The summed E-state index contributed by atoms with van der Waals surface area (Å²) in [5, 5.41) is 0. The smallest absolute Gasteiger partial charge is 0.244 e. The zero-order valence-corrected chi connectivity index (χ0v) is 9.64.